The van der Waals surface area contributed by atoms with Gasteiger partial charge in [0.15, 0.2) is 0 Å². The van der Waals surface area contributed by atoms with Crippen molar-refractivity contribution in [2.75, 3.05) is 30.1 Å². The predicted octanol–water partition coefficient (Wildman–Crippen LogP) is 5.01. The SMILES string of the molecule is CC[C@@H](CC(=O)OC)c1ccc(N(CC(C)C)C2CCSCC2)c([N+](=O)[O-])c1. The van der Waals surface area contributed by atoms with Gasteiger partial charge in [0.1, 0.15) is 5.69 Å². The first-order chi connectivity index (χ1) is 13.4. The van der Waals surface area contributed by atoms with Crippen molar-refractivity contribution in [2.45, 2.75) is 58.4 Å². The van der Waals surface area contributed by atoms with Crippen molar-refractivity contribution in [3.05, 3.63) is 33.9 Å². The Balaban J connectivity index is 2.40. The summed E-state index contributed by atoms with van der Waals surface area (Å²) in [7, 11) is 1.37. The van der Waals surface area contributed by atoms with E-state index in [1.807, 2.05) is 30.8 Å². The van der Waals surface area contributed by atoms with Crippen molar-refractivity contribution in [1.82, 2.24) is 0 Å². The highest BCUT2D eigenvalue weighted by Crippen LogP contribution is 2.37. The smallest absolute Gasteiger partial charge is 0.306 e. The molecule has 0 aromatic heterocycles. The molecule has 156 valence electrons. The fourth-order valence-corrected chi connectivity index (χ4v) is 4.88. The monoisotopic (exact) mass is 408 g/mol. The van der Waals surface area contributed by atoms with E-state index in [9.17, 15) is 14.9 Å². The fraction of sp³-hybridized carbons (Fsp3) is 0.667. The third-order valence-electron chi connectivity index (χ3n) is 5.30. The number of esters is 1. The molecule has 6 nitrogen and oxygen atoms in total. The number of nitrogens with zero attached hydrogens (tertiary/aromatic N) is 2. The Hall–Kier alpha value is -1.76. The first kappa shape index (κ1) is 22.5. The molecule has 0 saturated carbocycles. The van der Waals surface area contributed by atoms with Crippen LogP contribution in [0.4, 0.5) is 11.4 Å². The van der Waals surface area contributed by atoms with Crippen molar-refractivity contribution < 1.29 is 14.5 Å². The minimum atomic E-state index is -0.292. The molecule has 28 heavy (non-hydrogen) atoms. The zero-order valence-electron chi connectivity index (χ0n) is 17.3. The van der Waals surface area contributed by atoms with Gasteiger partial charge in [-0.05, 0) is 54.2 Å². The zero-order valence-corrected chi connectivity index (χ0v) is 18.2. The van der Waals surface area contributed by atoms with Gasteiger partial charge in [0.25, 0.3) is 5.69 Å². The molecular weight excluding hydrogens is 376 g/mol. The molecule has 1 aliphatic rings. The van der Waals surface area contributed by atoms with E-state index in [4.69, 9.17) is 4.74 Å². The lowest BCUT2D eigenvalue weighted by Gasteiger charge is -2.37. The van der Waals surface area contributed by atoms with E-state index < -0.39 is 0 Å². The van der Waals surface area contributed by atoms with Crippen molar-refractivity contribution in [1.29, 1.82) is 0 Å². The highest BCUT2D eigenvalue weighted by Gasteiger charge is 2.29. The van der Waals surface area contributed by atoms with Gasteiger partial charge in [-0.25, -0.2) is 0 Å². The number of carbonyl (C=O) groups is 1. The second-order valence-corrected chi connectivity index (χ2v) is 9.01. The Bertz CT molecular complexity index is 674. The van der Waals surface area contributed by atoms with Crippen LogP contribution in [0.2, 0.25) is 0 Å². The molecule has 2 rings (SSSR count). The summed E-state index contributed by atoms with van der Waals surface area (Å²) in [6.07, 6.45) is 3.06. The molecule has 1 fully saturated rings. The number of methoxy groups -OCH3 is 1. The number of nitro groups is 1. The molecule has 0 spiro atoms. The molecule has 0 bridgehead atoms. The summed E-state index contributed by atoms with van der Waals surface area (Å²) < 4.78 is 4.78. The fourth-order valence-electron chi connectivity index (χ4n) is 3.80. The molecule has 1 aliphatic heterocycles. The van der Waals surface area contributed by atoms with Gasteiger partial charge < -0.3 is 9.64 Å². The first-order valence-electron chi connectivity index (χ1n) is 10.1. The Morgan fingerprint density at radius 2 is 2.04 bits per heavy atom. The molecule has 1 saturated heterocycles. The van der Waals surface area contributed by atoms with E-state index >= 15 is 0 Å². The number of ether oxygens (including phenoxy) is 1. The Morgan fingerprint density at radius 1 is 1.36 bits per heavy atom. The van der Waals surface area contributed by atoms with Crippen molar-refractivity contribution in [3.63, 3.8) is 0 Å². The van der Waals surface area contributed by atoms with Gasteiger partial charge in [0.2, 0.25) is 0 Å². The average molecular weight is 409 g/mol. The van der Waals surface area contributed by atoms with E-state index in [0.29, 0.717) is 17.6 Å². The summed E-state index contributed by atoms with van der Waals surface area (Å²) in [5.74, 6) is 2.24. The lowest BCUT2D eigenvalue weighted by Crippen LogP contribution is -2.40. The largest absolute Gasteiger partial charge is 0.469 e. The number of anilines is 1. The molecule has 0 aliphatic carbocycles. The van der Waals surface area contributed by atoms with Gasteiger partial charge in [-0.2, -0.15) is 11.8 Å². The molecule has 1 atom stereocenters. The van der Waals surface area contributed by atoms with E-state index in [1.165, 1.54) is 7.11 Å². The minimum absolute atomic E-state index is 0.0789. The third-order valence-corrected chi connectivity index (χ3v) is 6.35. The standard InChI is InChI=1S/C21H32N2O4S/c1-5-16(13-21(24)27-4)17-6-7-19(20(12-17)23(25)26)22(14-15(2)3)18-8-10-28-11-9-18/h6-7,12,15-16,18H,5,8-11,13-14H2,1-4H3/t16-/m0/s1. The van der Waals surface area contributed by atoms with Crippen LogP contribution in [0.1, 0.15) is 57.9 Å². The molecule has 0 amide bonds. The summed E-state index contributed by atoms with van der Waals surface area (Å²) in [5, 5.41) is 11.9. The van der Waals surface area contributed by atoms with Crippen LogP contribution in [0.5, 0.6) is 0 Å². The lowest BCUT2D eigenvalue weighted by molar-refractivity contribution is -0.384. The number of hydrogen-bond donors (Lipinski definition) is 0. The summed E-state index contributed by atoms with van der Waals surface area (Å²) in [4.78, 5) is 25.6. The number of hydrogen-bond acceptors (Lipinski definition) is 6. The molecule has 1 aromatic carbocycles. The van der Waals surface area contributed by atoms with E-state index in [-0.39, 0.29) is 28.9 Å². The number of carbonyl (C=O) groups excluding carboxylic acids is 1. The predicted molar refractivity (Wildman–Crippen MR) is 115 cm³/mol. The molecular formula is C21H32N2O4S. The Kier molecular flexibility index (Phi) is 8.60. The van der Waals surface area contributed by atoms with Gasteiger partial charge in [0.05, 0.1) is 18.5 Å². The molecule has 0 radical (unpaired) electrons. The van der Waals surface area contributed by atoms with Crippen molar-refractivity contribution in [2.24, 2.45) is 5.92 Å². The highest BCUT2D eigenvalue weighted by molar-refractivity contribution is 7.99. The van der Waals surface area contributed by atoms with Crippen LogP contribution in [0.15, 0.2) is 18.2 Å². The lowest BCUT2D eigenvalue weighted by atomic mass is 9.92. The second kappa shape index (κ2) is 10.7. The van der Waals surface area contributed by atoms with Gasteiger partial charge in [0, 0.05) is 18.7 Å². The summed E-state index contributed by atoms with van der Waals surface area (Å²) in [6.45, 7) is 7.08. The van der Waals surface area contributed by atoms with Crippen LogP contribution in [-0.4, -0.2) is 42.1 Å². The van der Waals surface area contributed by atoms with Crippen LogP contribution in [0.25, 0.3) is 0 Å². The van der Waals surface area contributed by atoms with Gasteiger partial charge in [-0.1, -0.05) is 26.8 Å². The zero-order chi connectivity index (χ0) is 20.7. The minimum Gasteiger partial charge on any atom is -0.469 e. The maximum atomic E-state index is 11.9. The van der Waals surface area contributed by atoms with Crippen LogP contribution in [-0.2, 0) is 9.53 Å². The van der Waals surface area contributed by atoms with Crippen LogP contribution < -0.4 is 4.90 Å². The maximum absolute atomic E-state index is 11.9. The third kappa shape index (κ3) is 5.87. The van der Waals surface area contributed by atoms with Crippen LogP contribution in [0, 0.1) is 16.0 Å². The van der Waals surface area contributed by atoms with E-state index in [2.05, 4.69) is 18.7 Å². The molecule has 0 unspecified atom stereocenters. The summed E-state index contributed by atoms with van der Waals surface area (Å²) >= 11 is 1.95. The second-order valence-electron chi connectivity index (χ2n) is 7.78. The average Bonchev–Trinajstić information content (AvgIpc) is 2.70. The Labute approximate surface area is 172 Å². The van der Waals surface area contributed by atoms with Crippen molar-refractivity contribution in [3.8, 4) is 0 Å². The van der Waals surface area contributed by atoms with Crippen molar-refractivity contribution >= 4 is 29.1 Å². The van der Waals surface area contributed by atoms with E-state index in [1.54, 1.807) is 6.07 Å². The quantitative estimate of drug-likeness (QED) is 0.325. The normalized spacial score (nSPS) is 16.0. The molecule has 1 aromatic rings. The number of thioether (sulfide) groups is 1. The maximum Gasteiger partial charge on any atom is 0.306 e. The highest BCUT2D eigenvalue weighted by atomic mass is 32.2. The van der Waals surface area contributed by atoms with Gasteiger partial charge >= 0.3 is 5.97 Å². The van der Waals surface area contributed by atoms with E-state index in [0.717, 1.165) is 42.9 Å². The molecule has 7 heteroatoms. The first-order valence-corrected chi connectivity index (χ1v) is 11.2. The topological polar surface area (TPSA) is 72.7 Å². The molecule has 1 heterocycles. The Morgan fingerprint density at radius 3 is 2.57 bits per heavy atom. The number of rotatable bonds is 9. The summed E-state index contributed by atoms with van der Waals surface area (Å²) in [5.41, 5.74) is 1.67. The van der Waals surface area contributed by atoms with Crippen LogP contribution in [0.3, 0.4) is 0 Å². The van der Waals surface area contributed by atoms with Crippen LogP contribution >= 0.6 is 11.8 Å². The number of benzene rings is 1. The van der Waals surface area contributed by atoms with Gasteiger partial charge in [-0.15, -0.1) is 0 Å². The van der Waals surface area contributed by atoms with Gasteiger partial charge in [-0.3, -0.25) is 14.9 Å². The number of nitro benzene ring substituents is 1. The summed E-state index contributed by atoms with van der Waals surface area (Å²) in [6, 6.07) is 5.84. The molecule has 0 N–H and O–H groups in total.